The van der Waals surface area contributed by atoms with Gasteiger partial charge in [-0.2, -0.15) is 0 Å². The molecule has 0 aromatic heterocycles. The second-order valence-corrected chi connectivity index (χ2v) is 3.18. The summed E-state index contributed by atoms with van der Waals surface area (Å²) in [6.45, 7) is 9.03. The Kier molecular flexibility index (Phi) is 7.45. The van der Waals surface area contributed by atoms with Crippen molar-refractivity contribution in [1.29, 1.82) is 0 Å². The van der Waals surface area contributed by atoms with Crippen LogP contribution >= 0.6 is 0 Å². The van der Waals surface area contributed by atoms with Gasteiger partial charge in [-0.15, -0.1) is 0 Å². The summed E-state index contributed by atoms with van der Waals surface area (Å²) in [5, 5.41) is 2.00. The molecule has 0 radical (unpaired) electrons. The molecule has 0 spiro atoms. The van der Waals surface area contributed by atoms with E-state index in [9.17, 15) is 0 Å². The normalized spacial score (nSPS) is 11.5. The molecule has 0 aliphatic heterocycles. The highest BCUT2D eigenvalue weighted by atomic mass is 15.5. The average molecular weight is 173 g/mol. The van der Waals surface area contributed by atoms with E-state index in [1.807, 2.05) is 19.1 Å². The first-order chi connectivity index (χ1) is 5.70. The van der Waals surface area contributed by atoms with E-state index >= 15 is 0 Å². The maximum Gasteiger partial charge on any atom is 0.0114 e. The third-order valence-corrected chi connectivity index (χ3v) is 1.97. The number of hydrogen-bond acceptors (Lipinski definition) is 3. The Morgan fingerprint density at radius 3 is 2.08 bits per heavy atom. The fourth-order valence-electron chi connectivity index (χ4n) is 1.15. The van der Waals surface area contributed by atoms with Gasteiger partial charge in [0.05, 0.1) is 0 Å². The van der Waals surface area contributed by atoms with Crippen molar-refractivity contribution in [2.24, 2.45) is 0 Å². The predicted molar refractivity (Wildman–Crippen MR) is 54.1 cm³/mol. The highest BCUT2D eigenvalue weighted by Crippen LogP contribution is 1.88. The molecule has 0 aliphatic rings. The summed E-state index contributed by atoms with van der Waals surface area (Å²) in [7, 11) is 4.05. The monoisotopic (exact) mass is 173 g/mol. The molecule has 0 atom stereocenters. The average Bonchev–Trinajstić information content (AvgIpc) is 2.04. The van der Waals surface area contributed by atoms with E-state index < -0.39 is 0 Å². The van der Waals surface area contributed by atoms with E-state index in [1.165, 1.54) is 26.1 Å². The summed E-state index contributed by atoms with van der Waals surface area (Å²) < 4.78 is 0. The summed E-state index contributed by atoms with van der Waals surface area (Å²) in [4.78, 5) is 2.44. The zero-order chi connectivity index (χ0) is 9.40. The molecule has 0 saturated carbocycles. The minimum Gasteiger partial charge on any atom is -0.304 e. The van der Waals surface area contributed by atoms with Crippen molar-refractivity contribution in [3.8, 4) is 0 Å². The van der Waals surface area contributed by atoms with Gasteiger partial charge in [0.15, 0.2) is 0 Å². The molecule has 12 heavy (non-hydrogen) atoms. The molecule has 0 saturated heterocycles. The van der Waals surface area contributed by atoms with Crippen molar-refractivity contribution in [3.63, 3.8) is 0 Å². The summed E-state index contributed by atoms with van der Waals surface area (Å²) in [5.41, 5.74) is 3.26. The topological polar surface area (TPSA) is 18.5 Å². The smallest absolute Gasteiger partial charge is 0.0114 e. The van der Waals surface area contributed by atoms with Crippen LogP contribution in [0.3, 0.4) is 0 Å². The Balaban J connectivity index is 3.17. The Bertz CT molecular complexity index is 89.8. The van der Waals surface area contributed by atoms with E-state index in [1.54, 1.807) is 0 Å². The van der Waals surface area contributed by atoms with Gasteiger partial charge in [-0.05, 0) is 26.1 Å². The van der Waals surface area contributed by atoms with Gasteiger partial charge in [0.1, 0.15) is 0 Å². The lowest BCUT2D eigenvalue weighted by atomic mass is 10.4. The van der Waals surface area contributed by atoms with Gasteiger partial charge in [-0.3, -0.25) is 10.4 Å². The van der Waals surface area contributed by atoms with Crippen LogP contribution < -0.4 is 5.43 Å². The minimum atomic E-state index is 1.07. The molecule has 74 valence electrons. The van der Waals surface area contributed by atoms with Crippen molar-refractivity contribution in [2.45, 2.75) is 20.3 Å². The van der Waals surface area contributed by atoms with Crippen LogP contribution in [-0.2, 0) is 0 Å². The van der Waals surface area contributed by atoms with E-state index in [4.69, 9.17) is 0 Å². The first kappa shape index (κ1) is 11.9. The Hall–Kier alpha value is -0.120. The van der Waals surface area contributed by atoms with Gasteiger partial charge in [-0.1, -0.05) is 13.8 Å². The predicted octanol–water partition coefficient (Wildman–Crippen LogP) is 0.785. The van der Waals surface area contributed by atoms with Crippen LogP contribution in [0.25, 0.3) is 0 Å². The van der Waals surface area contributed by atoms with Crippen LogP contribution in [0.15, 0.2) is 0 Å². The summed E-state index contributed by atoms with van der Waals surface area (Å²) >= 11 is 0. The molecule has 0 bridgehead atoms. The van der Waals surface area contributed by atoms with Gasteiger partial charge < -0.3 is 4.90 Å². The Labute approximate surface area is 76.7 Å². The Morgan fingerprint density at radius 2 is 1.67 bits per heavy atom. The van der Waals surface area contributed by atoms with Gasteiger partial charge in [-0.25, -0.2) is 0 Å². The number of hydrogen-bond donors (Lipinski definition) is 1. The van der Waals surface area contributed by atoms with Crippen LogP contribution in [0.5, 0.6) is 0 Å². The van der Waals surface area contributed by atoms with Crippen LogP contribution in [0.4, 0.5) is 0 Å². The molecule has 3 heteroatoms. The summed E-state index contributed by atoms with van der Waals surface area (Å²) in [6, 6.07) is 0. The number of rotatable bonds is 7. The SMILES string of the molecule is CCN(CC)CCCNN(C)C. The van der Waals surface area contributed by atoms with Gasteiger partial charge >= 0.3 is 0 Å². The largest absolute Gasteiger partial charge is 0.304 e. The van der Waals surface area contributed by atoms with Gasteiger partial charge in [0.25, 0.3) is 0 Å². The van der Waals surface area contributed by atoms with Crippen LogP contribution in [-0.4, -0.2) is 50.2 Å². The fourth-order valence-corrected chi connectivity index (χ4v) is 1.15. The molecule has 0 aromatic rings. The van der Waals surface area contributed by atoms with E-state index in [-0.39, 0.29) is 0 Å². The van der Waals surface area contributed by atoms with Gasteiger partial charge in [0.2, 0.25) is 0 Å². The second kappa shape index (κ2) is 7.53. The van der Waals surface area contributed by atoms with E-state index in [0.29, 0.717) is 0 Å². The molecule has 3 nitrogen and oxygen atoms in total. The first-order valence-electron chi connectivity index (χ1n) is 4.83. The zero-order valence-electron chi connectivity index (χ0n) is 8.93. The third kappa shape index (κ3) is 6.58. The molecular weight excluding hydrogens is 150 g/mol. The lowest BCUT2D eigenvalue weighted by Crippen LogP contribution is -2.33. The molecular formula is C9H23N3. The fraction of sp³-hybridized carbons (Fsp3) is 1.00. The lowest BCUT2D eigenvalue weighted by molar-refractivity contribution is 0.257. The number of nitrogens with one attached hydrogen (secondary N) is 1. The van der Waals surface area contributed by atoms with Crippen LogP contribution in [0.1, 0.15) is 20.3 Å². The molecule has 1 N–H and O–H groups in total. The van der Waals surface area contributed by atoms with Crippen LogP contribution in [0.2, 0.25) is 0 Å². The van der Waals surface area contributed by atoms with Crippen molar-refractivity contribution in [3.05, 3.63) is 0 Å². The number of hydrazine groups is 1. The third-order valence-electron chi connectivity index (χ3n) is 1.97. The standard InChI is InChI=1S/C9H23N3/c1-5-12(6-2)9-7-8-10-11(3)4/h10H,5-9H2,1-4H3. The molecule has 0 rings (SSSR count). The molecule has 0 amide bonds. The summed E-state index contributed by atoms with van der Waals surface area (Å²) in [5.74, 6) is 0. The van der Waals surface area contributed by atoms with Gasteiger partial charge in [0, 0.05) is 20.6 Å². The quantitative estimate of drug-likeness (QED) is 0.453. The maximum absolute atomic E-state index is 3.26. The van der Waals surface area contributed by atoms with Crippen molar-refractivity contribution in [2.75, 3.05) is 40.3 Å². The molecule has 0 fully saturated rings. The van der Waals surface area contributed by atoms with Crippen molar-refractivity contribution < 1.29 is 0 Å². The lowest BCUT2D eigenvalue weighted by Gasteiger charge is -2.18. The highest BCUT2D eigenvalue weighted by Gasteiger charge is 1.97. The van der Waals surface area contributed by atoms with E-state index in [2.05, 4.69) is 24.2 Å². The Morgan fingerprint density at radius 1 is 1.08 bits per heavy atom. The zero-order valence-corrected chi connectivity index (χ0v) is 8.93. The van der Waals surface area contributed by atoms with Crippen molar-refractivity contribution >= 4 is 0 Å². The summed E-state index contributed by atoms with van der Waals surface area (Å²) in [6.07, 6.45) is 1.22. The maximum atomic E-state index is 3.26. The molecule has 0 aromatic carbocycles. The van der Waals surface area contributed by atoms with E-state index in [0.717, 1.165) is 6.54 Å². The highest BCUT2D eigenvalue weighted by molar-refractivity contribution is 4.52. The first-order valence-corrected chi connectivity index (χ1v) is 4.83. The van der Waals surface area contributed by atoms with Crippen molar-refractivity contribution in [1.82, 2.24) is 15.3 Å². The molecule has 0 heterocycles. The second-order valence-electron chi connectivity index (χ2n) is 3.18. The molecule has 0 aliphatic carbocycles. The number of nitrogens with zero attached hydrogens (tertiary/aromatic N) is 2. The minimum absolute atomic E-state index is 1.07. The molecule has 0 unspecified atom stereocenters. The van der Waals surface area contributed by atoms with Crippen LogP contribution in [0, 0.1) is 0 Å².